The number of hydrogen-bond donors (Lipinski definition) is 1. The highest BCUT2D eigenvalue weighted by Gasteiger charge is 2.34. The van der Waals surface area contributed by atoms with Gasteiger partial charge in [0.2, 0.25) is 0 Å². The monoisotopic (exact) mass is 316 g/mol. The Bertz CT molecular complexity index is 635. The van der Waals surface area contributed by atoms with E-state index in [4.69, 9.17) is 5.11 Å². The smallest absolute Gasteiger partial charge is 0.307 e. The molecule has 0 aromatic heterocycles. The Morgan fingerprint density at radius 1 is 1.48 bits per heavy atom. The van der Waals surface area contributed by atoms with Gasteiger partial charge < -0.3 is 5.11 Å². The minimum atomic E-state index is -3.86. The number of carbonyl (C=O) groups is 1. The van der Waals surface area contributed by atoms with E-state index in [2.05, 4.69) is 0 Å². The third-order valence-electron chi connectivity index (χ3n) is 3.58. The van der Waals surface area contributed by atoms with Crippen molar-refractivity contribution in [2.45, 2.75) is 12.8 Å². The molecule has 116 valence electrons. The van der Waals surface area contributed by atoms with Crippen LogP contribution >= 0.6 is 0 Å². The molecule has 0 spiro atoms. The van der Waals surface area contributed by atoms with Gasteiger partial charge >= 0.3 is 16.2 Å². The van der Waals surface area contributed by atoms with Gasteiger partial charge in [-0.3, -0.25) is 9.10 Å². The molecule has 1 aliphatic rings. The first kappa shape index (κ1) is 15.7. The Balaban J connectivity index is 2.23. The van der Waals surface area contributed by atoms with Crippen molar-refractivity contribution >= 4 is 21.9 Å². The lowest BCUT2D eigenvalue weighted by Crippen LogP contribution is -2.48. The average molecular weight is 316 g/mol. The number of nitrogens with zero attached hydrogens (tertiary/aromatic N) is 2. The summed E-state index contributed by atoms with van der Waals surface area (Å²) in [5, 5.41) is 9.03. The first-order valence-electron chi connectivity index (χ1n) is 6.55. The number of anilines is 1. The summed E-state index contributed by atoms with van der Waals surface area (Å²) in [4.78, 5) is 11.0. The van der Waals surface area contributed by atoms with Crippen LogP contribution in [0.15, 0.2) is 24.3 Å². The fourth-order valence-corrected chi connectivity index (χ4v) is 3.79. The van der Waals surface area contributed by atoms with Gasteiger partial charge in [-0.2, -0.15) is 12.7 Å². The van der Waals surface area contributed by atoms with Crippen molar-refractivity contribution in [3.8, 4) is 0 Å². The molecule has 0 aliphatic carbocycles. The van der Waals surface area contributed by atoms with E-state index in [0.29, 0.717) is 12.8 Å². The number of carboxylic acid groups (broad SMARTS) is 1. The summed E-state index contributed by atoms with van der Waals surface area (Å²) >= 11 is 0. The van der Waals surface area contributed by atoms with E-state index in [9.17, 15) is 17.6 Å². The van der Waals surface area contributed by atoms with E-state index in [-0.39, 0.29) is 18.8 Å². The highest BCUT2D eigenvalue weighted by Crippen LogP contribution is 2.24. The number of hydrogen-bond acceptors (Lipinski definition) is 3. The maximum absolute atomic E-state index is 13.2. The summed E-state index contributed by atoms with van der Waals surface area (Å²) in [6.07, 6.45) is 0.957. The second-order valence-electron chi connectivity index (χ2n) is 4.99. The van der Waals surface area contributed by atoms with Crippen LogP contribution in [0, 0.1) is 11.7 Å². The minimum Gasteiger partial charge on any atom is -0.481 e. The van der Waals surface area contributed by atoms with Gasteiger partial charge in [0.05, 0.1) is 11.6 Å². The first-order valence-corrected chi connectivity index (χ1v) is 7.94. The van der Waals surface area contributed by atoms with Crippen LogP contribution in [-0.4, -0.2) is 43.9 Å². The molecule has 1 aromatic carbocycles. The number of halogens is 1. The molecule has 8 heteroatoms. The van der Waals surface area contributed by atoms with E-state index < -0.39 is 27.9 Å². The summed E-state index contributed by atoms with van der Waals surface area (Å²) in [5.41, 5.74) is 0.201. The fraction of sp³-hybridized carbons (Fsp3) is 0.462. The molecule has 1 heterocycles. The largest absolute Gasteiger partial charge is 0.481 e. The molecule has 1 atom stereocenters. The van der Waals surface area contributed by atoms with E-state index in [1.165, 1.54) is 25.2 Å². The number of rotatable bonds is 4. The lowest BCUT2D eigenvalue weighted by molar-refractivity contribution is -0.142. The van der Waals surface area contributed by atoms with E-state index >= 15 is 0 Å². The molecular weight excluding hydrogens is 299 g/mol. The van der Waals surface area contributed by atoms with Crippen LogP contribution in [0.5, 0.6) is 0 Å². The normalized spacial score (nSPS) is 20.2. The predicted octanol–water partition coefficient (Wildman–Crippen LogP) is 1.30. The molecule has 1 unspecified atom stereocenters. The number of carboxylic acids is 1. The van der Waals surface area contributed by atoms with Crippen molar-refractivity contribution in [1.82, 2.24) is 4.31 Å². The van der Waals surface area contributed by atoms with Crippen LogP contribution in [-0.2, 0) is 15.0 Å². The molecule has 6 nitrogen and oxygen atoms in total. The molecule has 1 fully saturated rings. The minimum absolute atomic E-state index is 0.0582. The van der Waals surface area contributed by atoms with Crippen molar-refractivity contribution in [3.05, 3.63) is 30.1 Å². The van der Waals surface area contributed by atoms with Gasteiger partial charge in [0.15, 0.2) is 0 Å². The lowest BCUT2D eigenvalue weighted by Gasteiger charge is -2.33. The number of piperidine rings is 1. The molecule has 2 rings (SSSR count). The molecule has 1 saturated heterocycles. The van der Waals surface area contributed by atoms with E-state index in [1.807, 2.05) is 0 Å². The Morgan fingerprint density at radius 2 is 2.19 bits per heavy atom. The van der Waals surface area contributed by atoms with Gasteiger partial charge in [-0.15, -0.1) is 0 Å². The van der Waals surface area contributed by atoms with Gasteiger partial charge in [-0.05, 0) is 31.0 Å². The Morgan fingerprint density at radius 3 is 2.81 bits per heavy atom. The van der Waals surface area contributed by atoms with E-state index in [0.717, 1.165) is 14.7 Å². The zero-order valence-corrected chi connectivity index (χ0v) is 12.4. The molecule has 1 aliphatic heterocycles. The zero-order valence-electron chi connectivity index (χ0n) is 11.6. The molecule has 0 radical (unpaired) electrons. The van der Waals surface area contributed by atoms with E-state index in [1.54, 1.807) is 0 Å². The number of benzene rings is 1. The van der Waals surface area contributed by atoms with Crippen LogP contribution in [0.3, 0.4) is 0 Å². The summed E-state index contributed by atoms with van der Waals surface area (Å²) in [6.45, 7) is 0.211. The van der Waals surface area contributed by atoms with Gasteiger partial charge in [0.25, 0.3) is 0 Å². The Kier molecular flexibility index (Phi) is 4.48. The first-order chi connectivity index (χ1) is 9.82. The molecule has 21 heavy (non-hydrogen) atoms. The maximum atomic E-state index is 13.2. The summed E-state index contributed by atoms with van der Waals surface area (Å²) in [6, 6.07) is 5.26. The Labute approximate surface area is 123 Å². The zero-order chi connectivity index (χ0) is 15.6. The third-order valence-corrected chi connectivity index (χ3v) is 5.46. The van der Waals surface area contributed by atoms with Crippen LogP contribution < -0.4 is 4.31 Å². The van der Waals surface area contributed by atoms with Crippen molar-refractivity contribution in [1.29, 1.82) is 0 Å². The second-order valence-corrected chi connectivity index (χ2v) is 6.95. The Hall–Kier alpha value is -1.67. The van der Waals surface area contributed by atoms with Crippen LogP contribution in [0.1, 0.15) is 12.8 Å². The maximum Gasteiger partial charge on any atom is 0.307 e. The van der Waals surface area contributed by atoms with Crippen molar-refractivity contribution < 1.29 is 22.7 Å². The van der Waals surface area contributed by atoms with Gasteiger partial charge in [-0.1, -0.05) is 6.07 Å². The molecule has 1 N–H and O–H groups in total. The van der Waals surface area contributed by atoms with Crippen molar-refractivity contribution in [2.24, 2.45) is 5.92 Å². The van der Waals surface area contributed by atoms with Crippen LogP contribution in [0.4, 0.5) is 10.1 Å². The SMILES string of the molecule is CN(c1cccc(F)c1)S(=O)(=O)N1CCCC(C(=O)O)C1. The molecule has 0 amide bonds. The van der Waals surface area contributed by atoms with Gasteiger partial charge in [0.1, 0.15) is 5.82 Å². The quantitative estimate of drug-likeness (QED) is 0.908. The number of aliphatic carboxylic acids is 1. The third kappa shape index (κ3) is 3.33. The molecule has 1 aromatic rings. The fourth-order valence-electron chi connectivity index (χ4n) is 2.33. The average Bonchev–Trinajstić information content (AvgIpc) is 2.46. The van der Waals surface area contributed by atoms with Crippen molar-refractivity contribution in [2.75, 3.05) is 24.4 Å². The standard InChI is InChI=1S/C13H17FN2O4S/c1-15(12-6-2-5-11(14)8-12)21(19,20)16-7-3-4-10(9-16)13(17)18/h2,5-6,8,10H,3-4,7,9H2,1H3,(H,17,18). The van der Waals surface area contributed by atoms with Crippen LogP contribution in [0.2, 0.25) is 0 Å². The second kappa shape index (κ2) is 5.98. The topological polar surface area (TPSA) is 77.9 Å². The summed E-state index contributed by atoms with van der Waals surface area (Å²) < 4.78 is 40.3. The van der Waals surface area contributed by atoms with Crippen LogP contribution in [0.25, 0.3) is 0 Å². The predicted molar refractivity (Wildman–Crippen MR) is 75.7 cm³/mol. The molecular formula is C13H17FN2O4S. The van der Waals surface area contributed by atoms with Gasteiger partial charge in [0, 0.05) is 20.1 Å². The summed E-state index contributed by atoms with van der Waals surface area (Å²) in [7, 11) is -2.53. The lowest BCUT2D eigenvalue weighted by atomic mass is 10.0. The highest BCUT2D eigenvalue weighted by molar-refractivity contribution is 7.90. The van der Waals surface area contributed by atoms with Gasteiger partial charge in [-0.25, -0.2) is 4.39 Å². The van der Waals surface area contributed by atoms with Crippen molar-refractivity contribution in [3.63, 3.8) is 0 Å². The molecule has 0 saturated carbocycles. The highest BCUT2D eigenvalue weighted by atomic mass is 32.2. The molecule has 0 bridgehead atoms. The summed E-state index contributed by atoms with van der Waals surface area (Å²) in [5.74, 6) is -2.23.